The Morgan fingerprint density at radius 1 is 1.39 bits per heavy atom. The molecule has 6 nitrogen and oxygen atoms in total. The molecule has 0 amide bonds. The molecule has 0 aliphatic carbocycles. The second-order valence-electron chi connectivity index (χ2n) is 6.51. The van der Waals surface area contributed by atoms with Crippen LogP contribution in [0.5, 0.6) is 5.75 Å². The average Bonchev–Trinajstić information content (AvgIpc) is 2.95. The van der Waals surface area contributed by atoms with Crippen molar-refractivity contribution in [3.8, 4) is 5.75 Å². The summed E-state index contributed by atoms with van der Waals surface area (Å²) < 4.78 is 50.9. The van der Waals surface area contributed by atoms with Crippen LogP contribution in [-0.4, -0.2) is 53.9 Å². The summed E-state index contributed by atoms with van der Waals surface area (Å²) in [6, 6.07) is 3.78. The highest BCUT2D eigenvalue weighted by molar-refractivity contribution is 8.15. The minimum atomic E-state index is -3.49. The number of benzene rings is 1. The SMILES string of the molecule is [3H][B]SOC(c1cc(CC=C)c(OCOC)c(CC=C)c1)C1CCN(C)S1(=O)=O. The first-order valence-electron chi connectivity index (χ1n) is 9.45. The third kappa shape index (κ3) is 5.01. The van der Waals surface area contributed by atoms with E-state index in [1.807, 2.05) is 12.1 Å². The van der Waals surface area contributed by atoms with Crippen molar-refractivity contribution in [1.82, 2.24) is 4.31 Å². The molecule has 1 fully saturated rings. The highest BCUT2D eigenvalue weighted by Gasteiger charge is 2.43. The number of rotatable bonds is 12. The molecule has 2 unspecified atom stereocenters. The third-order valence-corrected chi connectivity index (χ3v) is 7.30. The normalized spacial score (nSPS) is 20.4. The van der Waals surface area contributed by atoms with Gasteiger partial charge in [0.05, 0.1) is 0 Å². The second kappa shape index (κ2) is 10.5. The van der Waals surface area contributed by atoms with E-state index in [1.165, 1.54) is 4.31 Å². The molecule has 0 spiro atoms. The summed E-state index contributed by atoms with van der Waals surface area (Å²) in [6.07, 6.45) is 4.34. The molecule has 0 bridgehead atoms. The van der Waals surface area contributed by atoms with Crippen molar-refractivity contribution in [2.24, 2.45) is 0 Å². The van der Waals surface area contributed by atoms with E-state index in [9.17, 15) is 8.42 Å². The molecule has 0 aromatic heterocycles. The van der Waals surface area contributed by atoms with Gasteiger partial charge in [0, 0.05) is 20.7 Å². The van der Waals surface area contributed by atoms with Crippen LogP contribution < -0.4 is 4.74 Å². The molecular weight excluding hydrogens is 397 g/mol. The number of allylic oxidation sites excluding steroid dienone is 2. The van der Waals surface area contributed by atoms with Crippen LogP contribution in [0.25, 0.3) is 0 Å². The van der Waals surface area contributed by atoms with E-state index in [0.717, 1.165) is 35.7 Å². The fourth-order valence-corrected chi connectivity index (χ4v) is 5.56. The molecule has 1 aliphatic rings. The molecule has 1 aliphatic heterocycles. The molecule has 1 radical (unpaired) electrons. The molecule has 153 valence electrons. The first-order chi connectivity index (χ1) is 13.9. The van der Waals surface area contributed by atoms with E-state index < -0.39 is 21.4 Å². The predicted molar refractivity (Wildman–Crippen MR) is 115 cm³/mol. The number of hydrogen-bond acceptors (Lipinski definition) is 6. The molecule has 2 rings (SSSR count). The fraction of sp³-hybridized carbons (Fsp3) is 0.474. The monoisotopic (exact) mass is 426 g/mol. The van der Waals surface area contributed by atoms with Crippen molar-refractivity contribution in [1.29, 1.82) is 1.34 Å². The summed E-state index contributed by atoms with van der Waals surface area (Å²) in [5, 5.41) is -0.723. The lowest BCUT2D eigenvalue weighted by Gasteiger charge is -2.25. The number of ether oxygens (including phenoxy) is 2. The molecule has 0 N–H and O–H groups in total. The third-order valence-electron chi connectivity index (χ3n) is 4.69. The number of hydrogen-bond donors (Lipinski definition) is 0. The smallest absolute Gasteiger partial charge is 0.219 e. The summed E-state index contributed by atoms with van der Waals surface area (Å²) >= 11 is 0.824. The van der Waals surface area contributed by atoms with Crippen LogP contribution in [0.2, 0.25) is 0 Å². The summed E-state index contributed by atoms with van der Waals surface area (Å²) in [6.45, 7) is 8.16. The van der Waals surface area contributed by atoms with Crippen LogP contribution in [0, 0.1) is 0 Å². The largest absolute Gasteiger partial charge is 0.467 e. The minimum Gasteiger partial charge on any atom is -0.467 e. The maximum atomic E-state index is 12.8. The van der Waals surface area contributed by atoms with Gasteiger partial charge in [-0.2, -0.15) is 0 Å². The quantitative estimate of drug-likeness (QED) is 0.222. The summed E-state index contributed by atoms with van der Waals surface area (Å²) in [5.41, 5.74) is 2.45. The van der Waals surface area contributed by atoms with Crippen molar-refractivity contribution in [3.63, 3.8) is 0 Å². The van der Waals surface area contributed by atoms with Gasteiger partial charge in [-0.05, 0) is 49.4 Å². The van der Waals surface area contributed by atoms with Gasteiger partial charge in [-0.15, -0.1) is 13.2 Å². The van der Waals surface area contributed by atoms with Crippen molar-refractivity contribution < 1.29 is 22.1 Å². The van der Waals surface area contributed by atoms with Gasteiger partial charge in [-0.1, -0.05) is 24.0 Å². The number of sulfonamides is 1. The summed E-state index contributed by atoms with van der Waals surface area (Å²) in [7, 11) is 0.679. The molecular formula is C19H27BNO5S2. The Hall–Kier alpha value is -1.26. The van der Waals surface area contributed by atoms with Crippen molar-refractivity contribution in [3.05, 3.63) is 54.1 Å². The van der Waals surface area contributed by atoms with Crippen LogP contribution in [0.15, 0.2) is 37.4 Å². The van der Waals surface area contributed by atoms with E-state index >= 15 is 0 Å². The molecule has 1 heterocycles. The van der Waals surface area contributed by atoms with Crippen LogP contribution in [0.3, 0.4) is 0 Å². The van der Waals surface area contributed by atoms with E-state index in [1.54, 1.807) is 26.3 Å². The lowest BCUT2D eigenvalue weighted by molar-refractivity contribution is 0.0498. The maximum Gasteiger partial charge on any atom is 0.219 e. The Morgan fingerprint density at radius 2 is 2.04 bits per heavy atom. The van der Waals surface area contributed by atoms with E-state index in [4.69, 9.17) is 15.0 Å². The Kier molecular flexibility index (Phi) is 8.05. The first-order valence-corrected chi connectivity index (χ1v) is 11.2. The zero-order valence-electron chi connectivity index (χ0n) is 17.3. The Balaban J connectivity index is 2.56. The van der Waals surface area contributed by atoms with Crippen LogP contribution in [-0.2, 0) is 31.8 Å². The van der Waals surface area contributed by atoms with Crippen LogP contribution >= 0.6 is 11.9 Å². The highest BCUT2D eigenvalue weighted by atomic mass is 32.2. The Morgan fingerprint density at radius 3 is 2.50 bits per heavy atom. The number of nitrogens with zero attached hydrogens (tertiary/aromatic N) is 1. The van der Waals surface area contributed by atoms with Gasteiger partial charge < -0.3 is 13.7 Å². The molecule has 28 heavy (non-hydrogen) atoms. The van der Waals surface area contributed by atoms with Gasteiger partial charge in [-0.25, -0.2) is 12.7 Å². The van der Waals surface area contributed by atoms with Gasteiger partial charge in [0.2, 0.25) is 17.1 Å². The van der Waals surface area contributed by atoms with Crippen molar-refractivity contribution in [2.45, 2.75) is 30.6 Å². The van der Waals surface area contributed by atoms with Gasteiger partial charge in [0.25, 0.3) is 0 Å². The second-order valence-corrected chi connectivity index (χ2v) is 9.16. The molecule has 1 aromatic rings. The molecule has 1 aromatic carbocycles. The summed E-state index contributed by atoms with van der Waals surface area (Å²) in [4.78, 5) is 0. The molecule has 2 atom stereocenters. The predicted octanol–water partition coefficient (Wildman–Crippen LogP) is 2.68. The summed E-state index contributed by atoms with van der Waals surface area (Å²) in [5.74, 6) is 0.681. The zero-order chi connectivity index (χ0) is 21.4. The number of methoxy groups -OCH3 is 1. The highest BCUT2D eigenvalue weighted by Crippen LogP contribution is 2.39. The first kappa shape index (κ1) is 21.5. The standard InChI is InChI=1S/C19H27BNO5S2/c1-5-7-14-11-16(12-15(8-6-2)18(14)25-13-24-4)19(26-27-20)17-9-10-21(3)28(17,22)23/h5-6,11-12,17,19-20H,1-2,7-10,13H2,3-4H3/i20T. The molecule has 1 saturated heterocycles. The topological polar surface area (TPSA) is 65.1 Å². The van der Waals surface area contributed by atoms with Gasteiger partial charge >= 0.3 is 0 Å². The van der Waals surface area contributed by atoms with E-state index in [2.05, 4.69) is 13.2 Å². The van der Waals surface area contributed by atoms with Crippen LogP contribution in [0.1, 0.15) is 29.2 Å². The maximum absolute atomic E-state index is 12.8. The van der Waals surface area contributed by atoms with Crippen molar-refractivity contribution >= 4 is 29.0 Å². The van der Waals surface area contributed by atoms with E-state index in [0.29, 0.717) is 31.6 Å². The van der Waals surface area contributed by atoms with Crippen LogP contribution in [0.4, 0.5) is 0 Å². The molecule has 0 saturated carbocycles. The van der Waals surface area contributed by atoms with Gasteiger partial charge in [0.1, 0.15) is 17.1 Å². The lowest BCUT2D eigenvalue weighted by Crippen LogP contribution is -2.30. The fourth-order valence-electron chi connectivity index (χ4n) is 3.38. The average molecular weight is 426 g/mol. The minimum absolute atomic E-state index is 0.0962. The zero-order valence-corrected chi connectivity index (χ0v) is 17.9. The Bertz CT molecular complexity index is 790. The lowest BCUT2D eigenvalue weighted by atomic mass is 9.95. The van der Waals surface area contributed by atoms with E-state index in [-0.39, 0.29) is 6.79 Å². The van der Waals surface area contributed by atoms with Gasteiger partial charge in [0.15, 0.2) is 6.79 Å². The van der Waals surface area contributed by atoms with Gasteiger partial charge in [-0.3, -0.25) is 0 Å². The van der Waals surface area contributed by atoms with Crippen molar-refractivity contribution in [2.75, 3.05) is 27.5 Å². The Labute approximate surface area is 174 Å². The molecule has 9 heteroatoms.